The molecule has 0 amide bonds. The Morgan fingerprint density at radius 3 is 2.81 bits per heavy atom. The molecule has 0 bridgehead atoms. The molecule has 0 spiro atoms. The lowest BCUT2D eigenvalue weighted by atomic mass is 9.98. The van der Waals surface area contributed by atoms with E-state index < -0.39 is 11.7 Å². The summed E-state index contributed by atoms with van der Waals surface area (Å²) in [7, 11) is 0. The van der Waals surface area contributed by atoms with Crippen LogP contribution in [-0.2, 0) is 6.61 Å². The van der Waals surface area contributed by atoms with Crippen LogP contribution < -0.4 is 4.74 Å². The number of benzene rings is 2. The van der Waals surface area contributed by atoms with E-state index in [2.05, 4.69) is 9.97 Å². The third kappa shape index (κ3) is 3.63. The summed E-state index contributed by atoms with van der Waals surface area (Å²) in [6.45, 7) is 0.256. The molecule has 0 radical (unpaired) electrons. The van der Waals surface area contributed by atoms with Crippen LogP contribution in [0.1, 0.15) is 27.9 Å². The number of para-hydroxylation sites is 2. The minimum absolute atomic E-state index is 0.0877. The highest BCUT2D eigenvalue weighted by Crippen LogP contribution is 2.26. The zero-order chi connectivity index (χ0) is 21.2. The smallest absolute Gasteiger partial charge is 0.220 e. The molecule has 3 aromatic heterocycles. The number of Topliss-reactive ketones (excluding diaryl/α,β-unsaturated/α-hetero) is 1. The number of ketones is 1. The van der Waals surface area contributed by atoms with Gasteiger partial charge in [0.25, 0.3) is 0 Å². The zero-order valence-electron chi connectivity index (χ0n) is 16.3. The Kier molecular flexibility index (Phi) is 4.65. The summed E-state index contributed by atoms with van der Waals surface area (Å²) < 4.78 is 13.4. The van der Waals surface area contributed by atoms with E-state index in [0.29, 0.717) is 22.4 Å². The Morgan fingerprint density at radius 1 is 1.10 bits per heavy atom. The van der Waals surface area contributed by atoms with Gasteiger partial charge in [0.1, 0.15) is 23.5 Å². The number of carbonyl (C=O) groups is 1. The molecule has 0 saturated heterocycles. The van der Waals surface area contributed by atoms with Gasteiger partial charge in [0.15, 0.2) is 17.3 Å². The number of aromatic nitrogens is 3. The molecule has 1 atom stereocenters. The Bertz CT molecular complexity index is 1380. The molecule has 0 aliphatic rings. The van der Waals surface area contributed by atoms with Gasteiger partial charge in [0.2, 0.25) is 5.89 Å². The quantitative estimate of drug-likeness (QED) is 0.383. The largest absolute Gasteiger partial charge is 0.487 e. The number of oxazole rings is 1. The van der Waals surface area contributed by atoms with Crippen LogP contribution >= 0.6 is 0 Å². The van der Waals surface area contributed by atoms with Crippen molar-refractivity contribution in [3.8, 4) is 11.8 Å². The molecule has 5 rings (SSSR count). The van der Waals surface area contributed by atoms with E-state index >= 15 is 0 Å². The molecule has 7 nitrogen and oxygen atoms in total. The third-order valence-electron chi connectivity index (χ3n) is 4.87. The van der Waals surface area contributed by atoms with Crippen molar-refractivity contribution < 1.29 is 13.9 Å². The van der Waals surface area contributed by atoms with Crippen molar-refractivity contribution in [2.45, 2.75) is 12.5 Å². The van der Waals surface area contributed by atoms with Crippen molar-refractivity contribution in [3.63, 3.8) is 0 Å². The Morgan fingerprint density at radius 2 is 1.97 bits per heavy atom. The van der Waals surface area contributed by atoms with Gasteiger partial charge in [0, 0.05) is 18.0 Å². The molecule has 0 aliphatic heterocycles. The monoisotopic (exact) mass is 408 g/mol. The molecule has 0 aliphatic carbocycles. The fourth-order valence-corrected chi connectivity index (χ4v) is 3.36. The van der Waals surface area contributed by atoms with Crippen LogP contribution in [0.25, 0.3) is 16.7 Å². The van der Waals surface area contributed by atoms with Crippen LogP contribution in [0.4, 0.5) is 0 Å². The molecule has 3 heterocycles. The second-order valence-electron chi connectivity index (χ2n) is 6.96. The average Bonchev–Trinajstić information content (AvgIpc) is 3.42. The van der Waals surface area contributed by atoms with Gasteiger partial charge in [-0.1, -0.05) is 30.3 Å². The number of nitriles is 1. The van der Waals surface area contributed by atoms with Crippen LogP contribution in [0.3, 0.4) is 0 Å². The fraction of sp³-hybridized carbons (Fsp3) is 0.0833. The molecule has 1 unspecified atom stereocenters. The molecule has 0 fully saturated rings. The summed E-state index contributed by atoms with van der Waals surface area (Å²) in [6.07, 6.45) is 3.81. The topological polar surface area (TPSA) is 93.4 Å². The van der Waals surface area contributed by atoms with Gasteiger partial charge in [-0.2, -0.15) is 5.26 Å². The fourth-order valence-electron chi connectivity index (χ4n) is 3.36. The second kappa shape index (κ2) is 7.76. The normalized spacial score (nSPS) is 12.0. The van der Waals surface area contributed by atoms with Gasteiger partial charge in [-0.3, -0.25) is 4.79 Å². The number of rotatable bonds is 6. The van der Waals surface area contributed by atoms with Crippen LogP contribution in [0.15, 0.2) is 83.5 Å². The number of imidazole rings is 1. The van der Waals surface area contributed by atoms with Gasteiger partial charge in [0.05, 0.1) is 11.8 Å². The van der Waals surface area contributed by atoms with Gasteiger partial charge in [-0.15, -0.1) is 0 Å². The summed E-state index contributed by atoms with van der Waals surface area (Å²) in [6, 6.07) is 21.7. The highest BCUT2D eigenvalue weighted by molar-refractivity contribution is 6.02. The molecule has 7 heteroatoms. The van der Waals surface area contributed by atoms with Crippen LogP contribution in [0, 0.1) is 11.3 Å². The number of hydrogen-bond donors (Lipinski definition) is 0. The zero-order valence-corrected chi connectivity index (χ0v) is 16.3. The van der Waals surface area contributed by atoms with Gasteiger partial charge < -0.3 is 13.6 Å². The van der Waals surface area contributed by atoms with Crippen molar-refractivity contribution in [1.29, 1.82) is 5.26 Å². The van der Waals surface area contributed by atoms with E-state index in [1.807, 2.05) is 53.2 Å². The highest BCUT2D eigenvalue weighted by atomic mass is 16.5. The van der Waals surface area contributed by atoms with Gasteiger partial charge in [-0.05, 0) is 36.4 Å². The first kappa shape index (κ1) is 18.6. The Hall–Kier alpha value is -4.44. The summed E-state index contributed by atoms with van der Waals surface area (Å²) in [5, 5.41) is 9.61. The Balaban J connectivity index is 1.35. The average molecular weight is 408 g/mol. The van der Waals surface area contributed by atoms with E-state index in [0.717, 1.165) is 11.3 Å². The van der Waals surface area contributed by atoms with Gasteiger partial charge >= 0.3 is 0 Å². The lowest BCUT2D eigenvalue weighted by Crippen LogP contribution is -2.11. The molecule has 31 heavy (non-hydrogen) atoms. The highest BCUT2D eigenvalue weighted by Gasteiger charge is 2.27. The Labute approximate surface area is 177 Å². The summed E-state index contributed by atoms with van der Waals surface area (Å²) >= 11 is 0. The van der Waals surface area contributed by atoms with Crippen LogP contribution in [-0.4, -0.2) is 20.2 Å². The molecule has 0 saturated carbocycles. The van der Waals surface area contributed by atoms with Crippen LogP contribution in [0.2, 0.25) is 0 Å². The van der Waals surface area contributed by atoms with E-state index in [9.17, 15) is 10.1 Å². The minimum Gasteiger partial charge on any atom is -0.487 e. The number of nitrogens with zero attached hydrogens (tertiary/aromatic N) is 4. The molecule has 0 N–H and O–H groups in total. The van der Waals surface area contributed by atoms with Crippen molar-refractivity contribution in [2.75, 3.05) is 0 Å². The van der Waals surface area contributed by atoms with Crippen molar-refractivity contribution in [3.05, 3.63) is 96.3 Å². The SMILES string of the molecule is N#CC(C(=O)c1cccc(OCc2cn3ccccc3n2)c1)c1nc2ccccc2o1. The summed E-state index contributed by atoms with van der Waals surface area (Å²) in [4.78, 5) is 21.8. The third-order valence-corrected chi connectivity index (χ3v) is 4.87. The van der Waals surface area contributed by atoms with Crippen molar-refractivity contribution >= 4 is 22.5 Å². The predicted molar refractivity (Wildman–Crippen MR) is 113 cm³/mol. The van der Waals surface area contributed by atoms with Gasteiger partial charge in [-0.25, -0.2) is 9.97 Å². The van der Waals surface area contributed by atoms with E-state index in [-0.39, 0.29) is 12.5 Å². The van der Waals surface area contributed by atoms with Crippen molar-refractivity contribution in [1.82, 2.24) is 14.4 Å². The molecule has 150 valence electrons. The lowest BCUT2D eigenvalue weighted by molar-refractivity contribution is 0.0969. The number of ether oxygens (including phenoxy) is 1. The summed E-state index contributed by atoms with van der Waals surface area (Å²) in [5.74, 6) is -0.935. The number of carbonyl (C=O) groups excluding carboxylic acids is 1. The van der Waals surface area contributed by atoms with E-state index in [4.69, 9.17) is 9.15 Å². The lowest BCUT2D eigenvalue weighted by Gasteiger charge is -2.08. The first-order valence-corrected chi connectivity index (χ1v) is 9.66. The number of pyridine rings is 1. The predicted octanol–water partition coefficient (Wildman–Crippen LogP) is 4.54. The maximum atomic E-state index is 13.0. The minimum atomic E-state index is -1.14. The van der Waals surface area contributed by atoms with Crippen molar-refractivity contribution in [2.24, 2.45) is 0 Å². The first-order chi connectivity index (χ1) is 15.2. The molecular formula is C24H16N4O3. The molecule has 5 aromatic rings. The standard InChI is InChI=1S/C24H16N4O3/c25-13-19(24-27-20-8-1-2-9-21(20)31-24)23(29)16-6-5-7-18(12-16)30-15-17-14-28-11-4-3-10-22(28)26-17/h1-12,14,19H,15H2. The van der Waals surface area contributed by atoms with E-state index in [1.54, 1.807) is 36.4 Å². The first-order valence-electron chi connectivity index (χ1n) is 9.66. The van der Waals surface area contributed by atoms with Crippen LogP contribution in [0.5, 0.6) is 5.75 Å². The number of fused-ring (bicyclic) bond motifs is 2. The molecular weight excluding hydrogens is 392 g/mol. The maximum Gasteiger partial charge on any atom is 0.220 e. The molecule has 2 aromatic carbocycles. The van der Waals surface area contributed by atoms with E-state index in [1.165, 1.54) is 0 Å². The summed E-state index contributed by atoms with van der Waals surface area (Å²) in [5.41, 5.74) is 3.09. The second-order valence-corrected chi connectivity index (χ2v) is 6.96. The maximum absolute atomic E-state index is 13.0. The number of hydrogen-bond acceptors (Lipinski definition) is 6.